The molecular weight excluding hydrogens is 204 g/mol. The van der Waals surface area contributed by atoms with E-state index in [1.165, 1.54) is 6.20 Å². The van der Waals surface area contributed by atoms with Crippen LogP contribution in [0, 0.1) is 0 Å². The monoisotopic (exact) mass is 222 g/mol. The number of carboxylic acid groups (broad SMARTS) is 1. The first kappa shape index (κ1) is 12.5. The quantitative estimate of drug-likeness (QED) is 0.804. The zero-order valence-corrected chi connectivity index (χ0v) is 9.95. The van der Waals surface area contributed by atoms with Gasteiger partial charge in [-0.3, -0.25) is 0 Å². The smallest absolute Gasteiger partial charge is 0.354 e. The molecule has 0 aliphatic heterocycles. The van der Waals surface area contributed by atoms with Crippen LogP contribution >= 0.6 is 0 Å². The Bertz CT molecular complexity index is 375. The fourth-order valence-electron chi connectivity index (χ4n) is 1.70. The number of rotatable bonds is 5. The second kappa shape index (κ2) is 4.96. The first-order valence-electron chi connectivity index (χ1n) is 5.42. The molecule has 0 aliphatic rings. The van der Waals surface area contributed by atoms with E-state index >= 15 is 0 Å². The molecule has 1 aromatic rings. The van der Waals surface area contributed by atoms with Crippen LogP contribution in [0.4, 0.5) is 5.69 Å². The summed E-state index contributed by atoms with van der Waals surface area (Å²) in [7, 11) is 0. The summed E-state index contributed by atoms with van der Waals surface area (Å²) in [6, 6.07) is 3.34. The molecule has 0 fully saturated rings. The van der Waals surface area contributed by atoms with E-state index in [0.29, 0.717) is 0 Å². The Hall–Kier alpha value is -1.58. The van der Waals surface area contributed by atoms with Gasteiger partial charge in [0.25, 0.3) is 0 Å². The number of aromatic nitrogens is 1. The minimum absolute atomic E-state index is 0.0358. The molecule has 16 heavy (non-hydrogen) atoms. The van der Waals surface area contributed by atoms with E-state index in [0.717, 1.165) is 18.5 Å². The van der Waals surface area contributed by atoms with Crippen LogP contribution < -0.4 is 5.32 Å². The Kier molecular flexibility index (Phi) is 3.88. The van der Waals surface area contributed by atoms with E-state index < -0.39 is 5.97 Å². The highest BCUT2D eigenvalue weighted by atomic mass is 16.4. The van der Waals surface area contributed by atoms with Crippen molar-refractivity contribution < 1.29 is 9.90 Å². The normalized spacial score (nSPS) is 11.2. The standard InChI is InChI=1S/C12H18N2O2/c1-4-6-12(2,3)14-9-5-7-13-10(8-9)11(15)16/h5,7-8H,4,6H2,1-3H3,(H,13,14)(H,15,16). The second-order valence-electron chi connectivity index (χ2n) is 4.49. The van der Waals surface area contributed by atoms with Crippen molar-refractivity contribution in [2.45, 2.75) is 39.2 Å². The second-order valence-corrected chi connectivity index (χ2v) is 4.49. The maximum Gasteiger partial charge on any atom is 0.354 e. The number of nitrogens with one attached hydrogen (secondary N) is 1. The van der Waals surface area contributed by atoms with Gasteiger partial charge in [-0.2, -0.15) is 0 Å². The number of anilines is 1. The average molecular weight is 222 g/mol. The number of hydrogen-bond donors (Lipinski definition) is 2. The molecule has 0 saturated heterocycles. The highest BCUT2D eigenvalue weighted by molar-refractivity contribution is 5.86. The molecule has 0 spiro atoms. The molecule has 4 heteroatoms. The molecule has 0 saturated carbocycles. The van der Waals surface area contributed by atoms with Crippen molar-refractivity contribution in [3.63, 3.8) is 0 Å². The van der Waals surface area contributed by atoms with Gasteiger partial charge in [-0.05, 0) is 32.4 Å². The zero-order valence-electron chi connectivity index (χ0n) is 9.95. The fraction of sp³-hybridized carbons (Fsp3) is 0.500. The third-order valence-electron chi connectivity index (χ3n) is 2.34. The predicted octanol–water partition coefficient (Wildman–Crippen LogP) is 2.77. The van der Waals surface area contributed by atoms with Crippen molar-refractivity contribution >= 4 is 11.7 Å². The number of carboxylic acids is 1. The molecule has 0 aromatic carbocycles. The molecular formula is C12H18N2O2. The Balaban J connectivity index is 2.81. The molecule has 0 aliphatic carbocycles. The molecule has 4 nitrogen and oxygen atoms in total. The van der Waals surface area contributed by atoms with Crippen molar-refractivity contribution in [3.8, 4) is 0 Å². The van der Waals surface area contributed by atoms with Crippen LogP contribution in [-0.2, 0) is 0 Å². The Morgan fingerprint density at radius 1 is 1.56 bits per heavy atom. The van der Waals surface area contributed by atoms with Crippen molar-refractivity contribution in [2.24, 2.45) is 0 Å². The lowest BCUT2D eigenvalue weighted by Crippen LogP contribution is -2.30. The summed E-state index contributed by atoms with van der Waals surface area (Å²) in [5.74, 6) is -1.00. The molecule has 2 N–H and O–H groups in total. The van der Waals surface area contributed by atoms with Gasteiger partial charge in [0.2, 0.25) is 0 Å². The molecule has 0 atom stereocenters. The van der Waals surface area contributed by atoms with Crippen LogP contribution in [0.15, 0.2) is 18.3 Å². The largest absolute Gasteiger partial charge is 0.477 e. The molecule has 0 amide bonds. The lowest BCUT2D eigenvalue weighted by atomic mass is 9.98. The minimum atomic E-state index is -1.00. The topological polar surface area (TPSA) is 62.2 Å². The number of carbonyl (C=O) groups is 1. The van der Waals surface area contributed by atoms with Gasteiger partial charge >= 0.3 is 5.97 Å². The average Bonchev–Trinajstić information content (AvgIpc) is 2.17. The molecule has 0 radical (unpaired) electrons. The van der Waals surface area contributed by atoms with Gasteiger partial charge in [0.1, 0.15) is 5.69 Å². The van der Waals surface area contributed by atoms with Gasteiger partial charge in [-0.25, -0.2) is 9.78 Å². The van der Waals surface area contributed by atoms with E-state index in [-0.39, 0.29) is 11.2 Å². The van der Waals surface area contributed by atoms with Crippen molar-refractivity contribution in [2.75, 3.05) is 5.32 Å². The summed E-state index contributed by atoms with van der Waals surface area (Å²) in [5.41, 5.74) is 0.828. The molecule has 0 unspecified atom stereocenters. The van der Waals surface area contributed by atoms with E-state index in [4.69, 9.17) is 5.11 Å². The van der Waals surface area contributed by atoms with Gasteiger partial charge in [0.15, 0.2) is 0 Å². The first-order chi connectivity index (χ1) is 7.44. The summed E-state index contributed by atoms with van der Waals surface area (Å²) in [6.07, 6.45) is 3.61. The van der Waals surface area contributed by atoms with Crippen LogP contribution in [-0.4, -0.2) is 21.6 Å². The van der Waals surface area contributed by atoms with Gasteiger partial charge < -0.3 is 10.4 Å². The number of pyridine rings is 1. The lowest BCUT2D eigenvalue weighted by Gasteiger charge is -2.27. The van der Waals surface area contributed by atoms with Crippen molar-refractivity contribution in [1.29, 1.82) is 0 Å². The summed E-state index contributed by atoms with van der Waals surface area (Å²) >= 11 is 0. The predicted molar refractivity (Wildman–Crippen MR) is 63.8 cm³/mol. The summed E-state index contributed by atoms with van der Waals surface area (Å²) in [4.78, 5) is 14.5. The van der Waals surface area contributed by atoms with Gasteiger partial charge in [-0.1, -0.05) is 13.3 Å². The zero-order chi connectivity index (χ0) is 12.2. The third-order valence-corrected chi connectivity index (χ3v) is 2.34. The van der Waals surface area contributed by atoms with Crippen molar-refractivity contribution in [3.05, 3.63) is 24.0 Å². The van der Waals surface area contributed by atoms with Gasteiger partial charge in [-0.15, -0.1) is 0 Å². The van der Waals surface area contributed by atoms with Gasteiger partial charge in [0.05, 0.1) is 0 Å². The van der Waals surface area contributed by atoms with Crippen LogP contribution in [0.2, 0.25) is 0 Å². The first-order valence-corrected chi connectivity index (χ1v) is 5.42. The fourth-order valence-corrected chi connectivity index (χ4v) is 1.70. The highest BCUT2D eigenvalue weighted by Gasteiger charge is 2.16. The minimum Gasteiger partial charge on any atom is -0.477 e. The van der Waals surface area contributed by atoms with E-state index in [9.17, 15) is 4.79 Å². The Morgan fingerprint density at radius 3 is 2.81 bits per heavy atom. The highest BCUT2D eigenvalue weighted by Crippen LogP contribution is 2.19. The lowest BCUT2D eigenvalue weighted by molar-refractivity contribution is 0.0690. The number of nitrogens with zero attached hydrogens (tertiary/aromatic N) is 1. The third kappa shape index (κ3) is 3.53. The van der Waals surface area contributed by atoms with Crippen LogP contribution in [0.5, 0.6) is 0 Å². The van der Waals surface area contributed by atoms with Crippen LogP contribution in [0.3, 0.4) is 0 Å². The summed E-state index contributed by atoms with van der Waals surface area (Å²) in [5, 5.41) is 12.1. The van der Waals surface area contributed by atoms with E-state index in [2.05, 4.69) is 31.1 Å². The summed E-state index contributed by atoms with van der Waals surface area (Å²) < 4.78 is 0. The molecule has 1 heterocycles. The SMILES string of the molecule is CCCC(C)(C)Nc1ccnc(C(=O)O)c1. The molecule has 88 valence electrons. The van der Waals surface area contributed by atoms with Crippen LogP contribution in [0.25, 0.3) is 0 Å². The van der Waals surface area contributed by atoms with Crippen molar-refractivity contribution in [1.82, 2.24) is 4.98 Å². The van der Waals surface area contributed by atoms with Crippen LogP contribution in [0.1, 0.15) is 44.1 Å². The number of hydrogen-bond acceptors (Lipinski definition) is 3. The summed E-state index contributed by atoms with van der Waals surface area (Å²) in [6.45, 7) is 6.31. The maximum atomic E-state index is 10.8. The maximum absolute atomic E-state index is 10.8. The molecule has 0 bridgehead atoms. The Labute approximate surface area is 95.7 Å². The van der Waals surface area contributed by atoms with E-state index in [1.807, 2.05) is 0 Å². The molecule has 1 aromatic heterocycles. The molecule has 1 rings (SSSR count). The van der Waals surface area contributed by atoms with Gasteiger partial charge in [0, 0.05) is 17.4 Å². The van der Waals surface area contributed by atoms with E-state index in [1.54, 1.807) is 12.1 Å². The number of aromatic carboxylic acids is 1. The Morgan fingerprint density at radius 2 is 2.25 bits per heavy atom.